The fraction of sp³-hybridized carbons (Fsp3) is 0.462. The van der Waals surface area contributed by atoms with E-state index < -0.39 is 0 Å². The normalized spacial score (nSPS) is 20.1. The highest BCUT2D eigenvalue weighted by Crippen LogP contribution is 2.33. The minimum absolute atomic E-state index is 0.0485. The number of nitrogens with zero attached hydrogens (tertiary/aromatic N) is 1. The van der Waals surface area contributed by atoms with E-state index in [9.17, 15) is 4.79 Å². The average Bonchev–Trinajstić information content (AvgIpc) is 2.77. The highest BCUT2D eigenvalue weighted by Gasteiger charge is 2.29. The largest absolute Gasteiger partial charge is 0.335 e. The monoisotopic (exact) mass is 237 g/mol. The molecule has 1 aliphatic heterocycles. The van der Waals surface area contributed by atoms with Crippen molar-refractivity contribution >= 4 is 17.5 Å². The molecule has 0 aromatic heterocycles. The number of hydrogen-bond donors (Lipinski definition) is 0. The number of amides is 1. The van der Waals surface area contributed by atoms with Crippen molar-refractivity contribution in [2.24, 2.45) is 0 Å². The second-order valence-corrected chi connectivity index (χ2v) is 4.50. The summed E-state index contributed by atoms with van der Waals surface area (Å²) in [6.45, 7) is 2.93. The molecule has 0 bridgehead atoms. The summed E-state index contributed by atoms with van der Waals surface area (Å²) < 4.78 is 0. The second kappa shape index (κ2) is 4.88. The molecule has 86 valence electrons. The number of aryl methyl sites for hydroxylation is 1. The molecule has 1 aromatic carbocycles. The van der Waals surface area contributed by atoms with Gasteiger partial charge in [0.2, 0.25) is 5.91 Å². The zero-order valence-corrected chi connectivity index (χ0v) is 10.2. The molecular formula is C13H16ClNO. The van der Waals surface area contributed by atoms with Crippen LogP contribution in [0, 0.1) is 6.92 Å². The van der Waals surface area contributed by atoms with Gasteiger partial charge in [-0.05, 0) is 30.9 Å². The molecule has 0 spiro atoms. The minimum Gasteiger partial charge on any atom is -0.335 e. The minimum atomic E-state index is 0.0485. The number of hydrogen-bond acceptors (Lipinski definition) is 1. The van der Waals surface area contributed by atoms with Crippen molar-refractivity contribution < 1.29 is 4.79 Å². The lowest BCUT2D eigenvalue weighted by atomic mass is 9.99. The third-order valence-electron chi connectivity index (χ3n) is 3.23. The lowest BCUT2D eigenvalue weighted by molar-refractivity contribution is -0.129. The smallest absolute Gasteiger partial charge is 0.238 e. The molecule has 3 heteroatoms. The molecule has 0 saturated carbocycles. The van der Waals surface area contributed by atoms with Crippen molar-refractivity contribution in [1.82, 2.24) is 4.90 Å². The predicted octanol–water partition coefficient (Wildman–Crippen LogP) is 2.90. The lowest BCUT2D eigenvalue weighted by Crippen LogP contribution is -2.31. The second-order valence-electron chi connectivity index (χ2n) is 4.24. The first-order valence-corrected chi connectivity index (χ1v) is 6.18. The van der Waals surface area contributed by atoms with Gasteiger partial charge in [-0.15, -0.1) is 11.6 Å². The van der Waals surface area contributed by atoms with Gasteiger partial charge in [-0.25, -0.2) is 0 Å². The van der Waals surface area contributed by atoms with Crippen LogP contribution in [0.2, 0.25) is 0 Å². The van der Waals surface area contributed by atoms with Gasteiger partial charge >= 0.3 is 0 Å². The first-order chi connectivity index (χ1) is 7.74. The van der Waals surface area contributed by atoms with Crippen LogP contribution in [0.3, 0.4) is 0 Å². The van der Waals surface area contributed by atoms with E-state index >= 15 is 0 Å². The van der Waals surface area contributed by atoms with Gasteiger partial charge in [0.15, 0.2) is 0 Å². The van der Waals surface area contributed by atoms with Gasteiger partial charge in [-0.1, -0.05) is 24.3 Å². The fourth-order valence-electron chi connectivity index (χ4n) is 2.43. The first-order valence-electron chi connectivity index (χ1n) is 5.65. The van der Waals surface area contributed by atoms with Crippen LogP contribution in [0.15, 0.2) is 24.3 Å². The molecule has 0 N–H and O–H groups in total. The summed E-state index contributed by atoms with van der Waals surface area (Å²) in [5.41, 5.74) is 2.51. The van der Waals surface area contributed by atoms with Crippen LogP contribution in [0.1, 0.15) is 30.0 Å². The van der Waals surface area contributed by atoms with Gasteiger partial charge in [-0.2, -0.15) is 0 Å². The van der Waals surface area contributed by atoms with Crippen LogP contribution in [-0.4, -0.2) is 23.2 Å². The summed E-state index contributed by atoms with van der Waals surface area (Å²) in [5.74, 6) is 0.134. The van der Waals surface area contributed by atoms with Crippen molar-refractivity contribution in [3.05, 3.63) is 35.4 Å². The quantitative estimate of drug-likeness (QED) is 0.725. The van der Waals surface area contributed by atoms with E-state index in [4.69, 9.17) is 11.6 Å². The molecule has 1 heterocycles. The molecule has 0 aliphatic carbocycles. The molecule has 1 atom stereocenters. The standard InChI is InChI=1S/C13H16ClNO/c1-10-5-2-3-6-11(10)12-7-4-8-15(12)13(16)9-14/h2-3,5-6,12H,4,7-9H2,1H3. The lowest BCUT2D eigenvalue weighted by Gasteiger charge is -2.25. The first kappa shape index (κ1) is 11.5. The molecule has 1 saturated heterocycles. The number of halogens is 1. The molecule has 2 rings (SSSR count). The number of benzene rings is 1. The zero-order valence-electron chi connectivity index (χ0n) is 9.45. The number of carbonyl (C=O) groups excluding carboxylic acids is 1. The van der Waals surface area contributed by atoms with Gasteiger partial charge in [0.25, 0.3) is 0 Å². The topological polar surface area (TPSA) is 20.3 Å². The summed E-state index contributed by atoms with van der Waals surface area (Å²) in [5, 5.41) is 0. The van der Waals surface area contributed by atoms with E-state index in [1.807, 2.05) is 17.0 Å². The van der Waals surface area contributed by atoms with Crippen molar-refractivity contribution in [2.45, 2.75) is 25.8 Å². The Kier molecular flexibility index (Phi) is 3.49. The van der Waals surface area contributed by atoms with E-state index in [1.54, 1.807) is 0 Å². The maximum Gasteiger partial charge on any atom is 0.238 e. The van der Waals surface area contributed by atoms with Crippen LogP contribution in [0.5, 0.6) is 0 Å². The Balaban J connectivity index is 2.27. The molecular weight excluding hydrogens is 222 g/mol. The third-order valence-corrected chi connectivity index (χ3v) is 3.46. The van der Waals surface area contributed by atoms with E-state index in [0.717, 1.165) is 19.4 Å². The van der Waals surface area contributed by atoms with Gasteiger partial charge in [0, 0.05) is 6.54 Å². The molecule has 16 heavy (non-hydrogen) atoms. The number of rotatable bonds is 2. The molecule has 1 aliphatic rings. The Morgan fingerprint density at radius 1 is 1.50 bits per heavy atom. The van der Waals surface area contributed by atoms with Crippen molar-refractivity contribution in [3.63, 3.8) is 0 Å². The Labute approximate surface area is 101 Å². The molecule has 2 nitrogen and oxygen atoms in total. The van der Waals surface area contributed by atoms with Gasteiger partial charge < -0.3 is 4.90 Å². The SMILES string of the molecule is Cc1ccccc1C1CCCN1C(=O)CCl. The number of likely N-dealkylation sites (tertiary alicyclic amines) is 1. The summed E-state index contributed by atoms with van der Waals surface area (Å²) in [6, 6.07) is 8.50. The molecule has 1 amide bonds. The molecule has 1 aromatic rings. The number of carbonyl (C=O) groups is 1. The highest BCUT2D eigenvalue weighted by atomic mass is 35.5. The predicted molar refractivity (Wildman–Crippen MR) is 65.6 cm³/mol. The maximum absolute atomic E-state index is 11.7. The third kappa shape index (κ3) is 2.07. The Hall–Kier alpha value is -1.02. The highest BCUT2D eigenvalue weighted by molar-refractivity contribution is 6.27. The van der Waals surface area contributed by atoms with Crippen LogP contribution in [0.4, 0.5) is 0 Å². The van der Waals surface area contributed by atoms with Crippen LogP contribution in [0.25, 0.3) is 0 Å². The van der Waals surface area contributed by atoms with Gasteiger partial charge in [0.05, 0.1) is 6.04 Å². The Morgan fingerprint density at radius 2 is 2.25 bits per heavy atom. The fourth-order valence-corrected chi connectivity index (χ4v) is 2.58. The van der Waals surface area contributed by atoms with E-state index in [1.165, 1.54) is 11.1 Å². The van der Waals surface area contributed by atoms with Crippen LogP contribution < -0.4 is 0 Å². The zero-order chi connectivity index (χ0) is 11.5. The molecule has 1 unspecified atom stereocenters. The van der Waals surface area contributed by atoms with Gasteiger partial charge in [-0.3, -0.25) is 4.79 Å². The maximum atomic E-state index is 11.7. The summed E-state index contributed by atoms with van der Waals surface area (Å²) in [7, 11) is 0. The van der Waals surface area contributed by atoms with Crippen LogP contribution in [-0.2, 0) is 4.79 Å². The summed E-state index contributed by atoms with van der Waals surface area (Å²) in [6.07, 6.45) is 2.12. The molecule has 0 radical (unpaired) electrons. The molecule has 1 fully saturated rings. The van der Waals surface area contributed by atoms with E-state index in [0.29, 0.717) is 0 Å². The summed E-state index contributed by atoms with van der Waals surface area (Å²) in [4.78, 5) is 13.6. The van der Waals surface area contributed by atoms with E-state index in [-0.39, 0.29) is 17.8 Å². The van der Waals surface area contributed by atoms with Crippen molar-refractivity contribution in [3.8, 4) is 0 Å². The van der Waals surface area contributed by atoms with E-state index in [2.05, 4.69) is 19.1 Å². The Morgan fingerprint density at radius 3 is 2.94 bits per heavy atom. The Bertz CT molecular complexity index is 391. The van der Waals surface area contributed by atoms with Crippen molar-refractivity contribution in [2.75, 3.05) is 12.4 Å². The average molecular weight is 238 g/mol. The van der Waals surface area contributed by atoms with Gasteiger partial charge in [0.1, 0.15) is 5.88 Å². The summed E-state index contributed by atoms with van der Waals surface area (Å²) >= 11 is 5.63. The van der Waals surface area contributed by atoms with Crippen molar-refractivity contribution in [1.29, 1.82) is 0 Å². The number of alkyl halides is 1. The van der Waals surface area contributed by atoms with Crippen LogP contribution >= 0.6 is 11.6 Å².